The molecule has 1 aliphatic rings. The van der Waals surface area contributed by atoms with Crippen LogP contribution in [0.2, 0.25) is 0 Å². The zero-order chi connectivity index (χ0) is 23.4. The molecule has 1 heterocycles. The van der Waals surface area contributed by atoms with Crippen LogP contribution in [0, 0.1) is 0 Å². The Morgan fingerprint density at radius 2 is 1.39 bits per heavy atom. The van der Waals surface area contributed by atoms with E-state index in [0.717, 1.165) is 75.1 Å². The summed E-state index contributed by atoms with van der Waals surface area (Å²) in [6.07, 6.45) is 2.28. The normalized spacial score (nSPS) is 13.9. The molecule has 0 atom stereocenters. The maximum atomic E-state index is 6.04. The van der Waals surface area contributed by atoms with Crippen molar-refractivity contribution in [2.75, 3.05) is 53.0 Å². The molecule has 36 heavy (non-hydrogen) atoms. The third kappa shape index (κ3) is 9.64. The van der Waals surface area contributed by atoms with Gasteiger partial charge in [-0.15, -0.1) is 24.8 Å². The topological polar surface area (TPSA) is 34.2 Å². The summed E-state index contributed by atoms with van der Waals surface area (Å²) in [6.45, 7) is 7.89. The van der Waals surface area contributed by atoms with Crippen molar-refractivity contribution < 1.29 is 14.2 Å². The fourth-order valence-corrected chi connectivity index (χ4v) is 4.29. The average molecular weight is 534 g/mol. The van der Waals surface area contributed by atoms with E-state index in [1.54, 1.807) is 7.11 Å². The highest BCUT2D eigenvalue weighted by Crippen LogP contribution is 2.25. The van der Waals surface area contributed by atoms with Crippen LogP contribution in [0.4, 0.5) is 0 Å². The van der Waals surface area contributed by atoms with Crippen LogP contribution in [0.15, 0.2) is 78.9 Å². The molecular formula is C29H38Cl2N2O3. The van der Waals surface area contributed by atoms with Gasteiger partial charge in [0.25, 0.3) is 0 Å². The van der Waals surface area contributed by atoms with Crippen LogP contribution >= 0.6 is 24.8 Å². The average Bonchev–Trinajstić information content (AvgIpc) is 2.89. The molecular weight excluding hydrogens is 495 g/mol. The van der Waals surface area contributed by atoms with Crippen LogP contribution in [0.5, 0.6) is 17.2 Å². The lowest BCUT2D eigenvalue weighted by Crippen LogP contribution is -2.47. The molecule has 0 radical (unpaired) electrons. The first kappa shape index (κ1) is 29.9. The number of hydrogen-bond acceptors (Lipinski definition) is 5. The van der Waals surface area contributed by atoms with Crippen molar-refractivity contribution >= 4 is 24.8 Å². The molecule has 0 bridgehead atoms. The molecule has 0 N–H and O–H groups in total. The van der Waals surface area contributed by atoms with E-state index in [1.165, 1.54) is 12.0 Å². The van der Waals surface area contributed by atoms with Crippen LogP contribution in [0.3, 0.4) is 0 Å². The number of para-hydroxylation sites is 2. The van der Waals surface area contributed by atoms with Crippen molar-refractivity contribution in [2.45, 2.75) is 19.4 Å². The fraction of sp³-hybridized carbons (Fsp3) is 0.379. The first-order valence-electron chi connectivity index (χ1n) is 12.3. The Morgan fingerprint density at radius 1 is 0.722 bits per heavy atom. The molecule has 0 amide bonds. The first-order valence-corrected chi connectivity index (χ1v) is 12.3. The molecule has 3 aromatic rings. The zero-order valence-corrected chi connectivity index (χ0v) is 22.6. The Kier molecular flexibility index (Phi) is 13.7. The highest BCUT2D eigenvalue weighted by Gasteiger charge is 2.16. The van der Waals surface area contributed by atoms with Crippen molar-refractivity contribution in [2.24, 2.45) is 0 Å². The molecule has 0 aromatic heterocycles. The van der Waals surface area contributed by atoms with Crippen molar-refractivity contribution in [1.82, 2.24) is 9.80 Å². The van der Waals surface area contributed by atoms with Gasteiger partial charge in [0.15, 0.2) is 0 Å². The van der Waals surface area contributed by atoms with E-state index < -0.39 is 0 Å². The van der Waals surface area contributed by atoms with Gasteiger partial charge in [0.1, 0.15) is 17.2 Å². The summed E-state index contributed by atoms with van der Waals surface area (Å²) in [5.74, 6) is 2.65. The van der Waals surface area contributed by atoms with E-state index in [4.69, 9.17) is 14.2 Å². The summed E-state index contributed by atoms with van der Waals surface area (Å²) < 4.78 is 17.4. The van der Waals surface area contributed by atoms with Gasteiger partial charge in [-0.3, -0.25) is 4.90 Å². The highest BCUT2D eigenvalue weighted by atomic mass is 35.5. The van der Waals surface area contributed by atoms with Gasteiger partial charge in [-0.25, -0.2) is 0 Å². The number of rotatable bonds is 12. The summed E-state index contributed by atoms with van der Waals surface area (Å²) in [5.41, 5.74) is 2.43. The third-order valence-corrected chi connectivity index (χ3v) is 6.29. The highest BCUT2D eigenvalue weighted by molar-refractivity contribution is 5.85. The van der Waals surface area contributed by atoms with E-state index in [1.807, 2.05) is 54.6 Å². The van der Waals surface area contributed by atoms with Crippen molar-refractivity contribution in [3.8, 4) is 17.2 Å². The van der Waals surface area contributed by atoms with Crippen LogP contribution in [0.1, 0.15) is 17.5 Å². The summed E-state index contributed by atoms with van der Waals surface area (Å²) >= 11 is 0. The van der Waals surface area contributed by atoms with Gasteiger partial charge in [-0.1, -0.05) is 48.5 Å². The molecule has 5 nitrogen and oxygen atoms in total. The molecule has 196 valence electrons. The lowest BCUT2D eigenvalue weighted by Gasteiger charge is -2.34. The first-order chi connectivity index (χ1) is 16.8. The predicted molar refractivity (Wildman–Crippen MR) is 151 cm³/mol. The van der Waals surface area contributed by atoms with E-state index in [9.17, 15) is 0 Å². The van der Waals surface area contributed by atoms with Gasteiger partial charge in [0.05, 0.1) is 20.3 Å². The number of nitrogens with zero attached hydrogens (tertiary/aromatic N) is 2. The largest absolute Gasteiger partial charge is 0.497 e. The maximum absolute atomic E-state index is 6.04. The van der Waals surface area contributed by atoms with Crippen molar-refractivity contribution in [1.29, 1.82) is 0 Å². The molecule has 0 aliphatic carbocycles. The van der Waals surface area contributed by atoms with Crippen LogP contribution in [-0.2, 0) is 17.8 Å². The monoisotopic (exact) mass is 532 g/mol. The second-order valence-electron chi connectivity index (χ2n) is 8.71. The van der Waals surface area contributed by atoms with E-state index in [-0.39, 0.29) is 24.8 Å². The van der Waals surface area contributed by atoms with Gasteiger partial charge < -0.3 is 19.1 Å². The Morgan fingerprint density at radius 3 is 2.14 bits per heavy atom. The Balaban J connectivity index is 0.00000228. The Hall–Kier alpha value is -2.28. The molecule has 0 spiro atoms. The Labute approximate surface area is 228 Å². The molecule has 7 heteroatoms. The van der Waals surface area contributed by atoms with Crippen molar-refractivity contribution in [3.63, 3.8) is 0 Å². The third-order valence-electron chi connectivity index (χ3n) is 6.29. The molecule has 3 aromatic carbocycles. The van der Waals surface area contributed by atoms with Crippen LogP contribution in [-0.4, -0.2) is 62.8 Å². The quantitative estimate of drug-likeness (QED) is 0.263. The zero-order valence-electron chi connectivity index (χ0n) is 21.0. The minimum atomic E-state index is 0. The second kappa shape index (κ2) is 16.5. The van der Waals surface area contributed by atoms with Crippen molar-refractivity contribution in [3.05, 3.63) is 90.0 Å². The minimum absolute atomic E-state index is 0. The van der Waals surface area contributed by atoms with Gasteiger partial charge in [0.2, 0.25) is 0 Å². The lowest BCUT2D eigenvalue weighted by atomic mass is 10.1. The van der Waals surface area contributed by atoms with Crippen LogP contribution < -0.4 is 9.47 Å². The van der Waals surface area contributed by atoms with Gasteiger partial charge in [-0.2, -0.15) is 0 Å². The van der Waals surface area contributed by atoms with Gasteiger partial charge in [0, 0.05) is 38.3 Å². The number of aryl methyl sites for hydroxylation is 1. The number of benzene rings is 3. The van der Waals surface area contributed by atoms with E-state index >= 15 is 0 Å². The Bertz CT molecular complexity index is 999. The molecule has 1 saturated heterocycles. The summed E-state index contributed by atoms with van der Waals surface area (Å²) in [4.78, 5) is 5.08. The lowest BCUT2D eigenvalue weighted by molar-refractivity contribution is 0.0676. The fourth-order valence-electron chi connectivity index (χ4n) is 4.29. The summed E-state index contributed by atoms with van der Waals surface area (Å²) in [6, 6.07) is 26.4. The van der Waals surface area contributed by atoms with Gasteiger partial charge in [-0.05, 0) is 55.3 Å². The number of methoxy groups -OCH3 is 1. The minimum Gasteiger partial charge on any atom is -0.497 e. The van der Waals surface area contributed by atoms with Crippen LogP contribution in [0.25, 0.3) is 0 Å². The molecule has 0 unspecified atom stereocenters. The molecule has 1 fully saturated rings. The summed E-state index contributed by atoms with van der Waals surface area (Å²) in [7, 11) is 1.73. The molecule has 4 rings (SSSR count). The summed E-state index contributed by atoms with van der Waals surface area (Å²) in [5, 5.41) is 0. The second-order valence-corrected chi connectivity index (χ2v) is 8.71. The number of ether oxygens (including phenoxy) is 3. The SMILES string of the molecule is COc1cccc(CCCN2CCN(CCOCc3ccccc3Oc3ccccc3)CC2)c1.Cl.Cl. The van der Waals surface area contributed by atoms with E-state index in [2.05, 4.69) is 34.1 Å². The van der Waals surface area contributed by atoms with Gasteiger partial charge >= 0.3 is 0 Å². The van der Waals surface area contributed by atoms with E-state index in [0.29, 0.717) is 6.61 Å². The maximum Gasteiger partial charge on any atom is 0.132 e. The molecule has 0 saturated carbocycles. The number of hydrogen-bond donors (Lipinski definition) is 0. The number of piperazine rings is 1. The predicted octanol–water partition coefficient (Wildman–Crippen LogP) is 6.10. The molecule has 1 aliphatic heterocycles. The smallest absolute Gasteiger partial charge is 0.132 e. The number of halogens is 2. The standard InChI is InChI=1S/C29H36N2O3.2ClH/c1-32-28-14-7-9-25(23-28)10-8-16-30-17-19-31(20-18-30)21-22-33-24-26-11-5-6-15-29(26)34-27-12-3-2-4-13-27;;/h2-7,9,11-15,23H,8,10,16-22,24H2,1H3;2*1H.